The molecule has 1 saturated carbocycles. The lowest BCUT2D eigenvalue weighted by atomic mass is 10.2. The SMILES string of the molecule is C[C@@H](Sc1nnc(C2CC2)o1)C(=O)Nc1ccc2c(c1)OCO2. The van der Waals surface area contributed by atoms with Crippen molar-refractivity contribution in [3.63, 3.8) is 0 Å². The van der Waals surface area contributed by atoms with Gasteiger partial charge in [-0.25, -0.2) is 0 Å². The number of carbonyl (C=O) groups excluding carboxylic acids is 1. The predicted molar refractivity (Wildman–Crippen MR) is 82.8 cm³/mol. The molecule has 1 aliphatic carbocycles. The largest absolute Gasteiger partial charge is 0.454 e. The molecule has 2 aromatic rings. The molecule has 4 rings (SSSR count). The van der Waals surface area contributed by atoms with E-state index in [1.807, 2.05) is 0 Å². The Morgan fingerprint density at radius 2 is 2.13 bits per heavy atom. The van der Waals surface area contributed by atoms with Crippen LogP contribution in [0.1, 0.15) is 31.6 Å². The van der Waals surface area contributed by atoms with E-state index in [1.54, 1.807) is 25.1 Å². The number of nitrogens with zero attached hydrogens (tertiary/aromatic N) is 2. The van der Waals surface area contributed by atoms with Crippen LogP contribution >= 0.6 is 11.8 Å². The standard InChI is InChI=1S/C15H15N3O4S/c1-8(23-15-18-17-14(22-15)9-2-3-9)13(19)16-10-4-5-11-12(6-10)21-7-20-11/h4-6,8-9H,2-3,7H2,1H3,(H,16,19)/t8-/m1/s1. The molecule has 2 aliphatic rings. The maximum atomic E-state index is 12.3. The molecule has 1 N–H and O–H groups in total. The topological polar surface area (TPSA) is 86.5 Å². The third kappa shape index (κ3) is 3.12. The van der Waals surface area contributed by atoms with Crippen LogP contribution in [-0.4, -0.2) is 28.1 Å². The van der Waals surface area contributed by atoms with E-state index in [-0.39, 0.29) is 18.0 Å². The molecule has 120 valence electrons. The first-order valence-corrected chi connectivity index (χ1v) is 8.27. The van der Waals surface area contributed by atoms with Crippen molar-refractivity contribution in [2.24, 2.45) is 0 Å². The zero-order valence-corrected chi connectivity index (χ0v) is 13.3. The number of carbonyl (C=O) groups is 1. The second-order valence-electron chi connectivity index (χ2n) is 5.50. The van der Waals surface area contributed by atoms with E-state index in [0.29, 0.717) is 34.2 Å². The van der Waals surface area contributed by atoms with Crippen molar-refractivity contribution in [2.45, 2.75) is 36.2 Å². The van der Waals surface area contributed by atoms with Gasteiger partial charge in [-0.2, -0.15) is 0 Å². The van der Waals surface area contributed by atoms with Crippen molar-refractivity contribution in [1.29, 1.82) is 0 Å². The molecule has 0 spiro atoms. The van der Waals surface area contributed by atoms with Gasteiger partial charge < -0.3 is 19.2 Å². The van der Waals surface area contributed by atoms with Crippen molar-refractivity contribution in [3.05, 3.63) is 24.1 Å². The molecule has 23 heavy (non-hydrogen) atoms. The molecule has 1 fully saturated rings. The van der Waals surface area contributed by atoms with Gasteiger partial charge in [0.1, 0.15) is 0 Å². The van der Waals surface area contributed by atoms with Crippen LogP contribution < -0.4 is 14.8 Å². The van der Waals surface area contributed by atoms with Crippen LogP contribution in [0.25, 0.3) is 0 Å². The first-order chi connectivity index (χ1) is 11.2. The summed E-state index contributed by atoms with van der Waals surface area (Å²) < 4.78 is 16.1. The summed E-state index contributed by atoms with van der Waals surface area (Å²) >= 11 is 1.25. The Balaban J connectivity index is 1.37. The smallest absolute Gasteiger partial charge is 0.277 e. The van der Waals surface area contributed by atoms with Gasteiger partial charge in [0.2, 0.25) is 18.6 Å². The van der Waals surface area contributed by atoms with E-state index in [9.17, 15) is 4.79 Å². The Labute approximate surface area is 136 Å². The van der Waals surface area contributed by atoms with Gasteiger partial charge in [0.15, 0.2) is 11.5 Å². The maximum absolute atomic E-state index is 12.3. The number of nitrogens with one attached hydrogen (secondary N) is 1. The van der Waals surface area contributed by atoms with Gasteiger partial charge in [0.05, 0.1) is 5.25 Å². The minimum Gasteiger partial charge on any atom is -0.454 e. The molecule has 0 saturated heterocycles. The number of aromatic nitrogens is 2. The van der Waals surface area contributed by atoms with Gasteiger partial charge in [-0.3, -0.25) is 4.79 Å². The maximum Gasteiger partial charge on any atom is 0.277 e. The van der Waals surface area contributed by atoms with Crippen molar-refractivity contribution in [1.82, 2.24) is 10.2 Å². The highest BCUT2D eigenvalue weighted by Crippen LogP contribution is 2.40. The molecular weight excluding hydrogens is 318 g/mol. The third-order valence-electron chi connectivity index (χ3n) is 3.64. The molecular formula is C15H15N3O4S. The fourth-order valence-corrected chi connectivity index (χ4v) is 2.88. The minimum absolute atomic E-state index is 0.139. The lowest BCUT2D eigenvalue weighted by molar-refractivity contribution is -0.115. The van der Waals surface area contributed by atoms with Crippen LogP contribution in [0.5, 0.6) is 11.5 Å². The molecule has 1 aliphatic heterocycles. The average Bonchev–Trinajstić information content (AvgIpc) is 3.11. The Bertz CT molecular complexity index is 744. The highest BCUT2D eigenvalue weighted by Gasteiger charge is 2.30. The zero-order chi connectivity index (χ0) is 15.8. The minimum atomic E-state index is -0.354. The summed E-state index contributed by atoms with van der Waals surface area (Å²) in [4.78, 5) is 12.3. The number of fused-ring (bicyclic) bond motifs is 1. The number of thioether (sulfide) groups is 1. The highest BCUT2D eigenvalue weighted by molar-refractivity contribution is 8.00. The zero-order valence-electron chi connectivity index (χ0n) is 12.4. The molecule has 0 radical (unpaired) electrons. The van der Waals surface area contributed by atoms with E-state index in [2.05, 4.69) is 15.5 Å². The molecule has 0 unspecified atom stereocenters. The van der Waals surface area contributed by atoms with E-state index < -0.39 is 0 Å². The summed E-state index contributed by atoms with van der Waals surface area (Å²) in [5.41, 5.74) is 0.663. The lowest BCUT2D eigenvalue weighted by Crippen LogP contribution is -2.22. The van der Waals surface area contributed by atoms with Crippen LogP contribution in [0, 0.1) is 0 Å². The Morgan fingerprint density at radius 1 is 1.30 bits per heavy atom. The van der Waals surface area contributed by atoms with Gasteiger partial charge in [-0.15, -0.1) is 10.2 Å². The molecule has 1 atom stereocenters. The number of amides is 1. The number of ether oxygens (including phenoxy) is 2. The monoisotopic (exact) mass is 333 g/mol. The average molecular weight is 333 g/mol. The number of hydrogen-bond acceptors (Lipinski definition) is 7. The van der Waals surface area contributed by atoms with Gasteiger partial charge in [0.25, 0.3) is 5.22 Å². The molecule has 1 amide bonds. The van der Waals surface area contributed by atoms with E-state index >= 15 is 0 Å². The Kier molecular flexibility index (Phi) is 3.60. The third-order valence-corrected chi connectivity index (χ3v) is 4.57. The fraction of sp³-hybridized carbons (Fsp3) is 0.400. The lowest BCUT2D eigenvalue weighted by Gasteiger charge is -2.10. The van der Waals surface area contributed by atoms with Crippen molar-refractivity contribution in [2.75, 3.05) is 12.1 Å². The first kappa shape index (κ1) is 14.4. The Hall–Kier alpha value is -2.22. The molecule has 7 nitrogen and oxygen atoms in total. The number of hydrogen-bond donors (Lipinski definition) is 1. The highest BCUT2D eigenvalue weighted by atomic mass is 32.2. The summed E-state index contributed by atoms with van der Waals surface area (Å²) in [6.45, 7) is 2.01. The predicted octanol–water partition coefficient (Wildman–Crippen LogP) is 2.80. The molecule has 8 heteroatoms. The van der Waals surface area contributed by atoms with E-state index in [4.69, 9.17) is 13.9 Å². The van der Waals surface area contributed by atoms with Crippen LogP contribution in [0.3, 0.4) is 0 Å². The summed E-state index contributed by atoms with van der Waals surface area (Å²) in [5.74, 6) is 2.27. The molecule has 2 heterocycles. The van der Waals surface area contributed by atoms with Crippen LogP contribution in [0.2, 0.25) is 0 Å². The second kappa shape index (κ2) is 5.77. The van der Waals surface area contributed by atoms with Crippen molar-refractivity contribution in [3.8, 4) is 11.5 Å². The van der Waals surface area contributed by atoms with Gasteiger partial charge >= 0.3 is 0 Å². The number of benzene rings is 1. The summed E-state index contributed by atoms with van der Waals surface area (Å²) in [6, 6.07) is 5.30. The molecule has 0 bridgehead atoms. The van der Waals surface area contributed by atoms with Crippen LogP contribution in [0.4, 0.5) is 5.69 Å². The number of anilines is 1. The Morgan fingerprint density at radius 3 is 2.96 bits per heavy atom. The second-order valence-corrected chi connectivity index (χ2v) is 6.79. The molecule has 1 aromatic heterocycles. The fourth-order valence-electron chi connectivity index (χ4n) is 2.19. The van der Waals surface area contributed by atoms with Crippen molar-refractivity contribution < 1.29 is 18.7 Å². The molecule has 1 aromatic carbocycles. The van der Waals surface area contributed by atoms with Gasteiger partial charge in [-0.1, -0.05) is 11.8 Å². The van der Waals surface area contributed by atoms with Crippen molar-refractivity contribution >= 4 is 23.4 Å². The van der Waals surface area contributed by atoms with E-state index in [0.717, 1.165) is 12.8 Å². The number of rotatable bonds is 5. The van der Waals surface area contributed by atoms with E-state index in [1.165, 1.54) is 11.8 Å². The van der Waals surface area contributed by atoms with Crippen LogP contribution in [0.15, 0.2) is 27.8 Å². The first-order valence-electron chi connectivity index (χ1n) is 7.39. The summed E-state index contributed by atoms with van der Waals surface area (Å²) in [7, 11) is 0. The quantitative estimate of drug-likeness (QED) is 0.842. The normalized spacial score (nSPS) is 17.1. The van der Waals surface area contributed by atoms with Crippen LogP contribution in [-0.2, 0) is 4.79 Å². The van der Waals surface area contributed by atoms with Gasteiger partial charge in [0, 0.05) is 17.7 Å². The summed E-state index contributed by atoms with van der Waals surface area (Å²) in [5, 5.41) is 10.9. The summed E-state index contributed by atoms with van der Waals surface area (Å²) in [6.07, 6.45) is 2.21. The van der Waals surface area contributed by atoms with Gasteiger partial charge in [-0.05, 0) is 31.9 Å².